The van der Waals surface area contributed by atoms with Gasteiger partial charge in [0.2, 0.25) is 0 Å². The Bertz CT molecular complexity index is 856. The first-order chi connectivity index (χ1) is 12.6. The highest BCUT2D eigenvalue weighted by Crippen LogP contribution is 2.34. The minimum atomic E-state index is -4.65. The number of halogens is 3. The molecule has 0 aliphatic carbocycles. The maximum absolute atomic E-state index is 13.0. The predicted molar refractivity (Wildman–Crippen MR) is 91.4 cm³/mol. The number of hydrogen-bond donors (Lipinski definition) is 3. The fraction of sp³-hybridized carbons (Fsp3) is 0.235. The molecule has 7 nitrogen and oxygen atoms in total. The molecule has 2 aromatic rings. The predicted octanol–water partition coefficient (Wildman–Crippen LogP) is 3.12. The maximum Gasteiger partial charge on any atom is 0.416 e. The summed E-state index contributed by atoms with van der Waals surface area (Å²) < 4.78 is 39.1. The maximum atomic E-state index is 13.0. The molecule has 2 aromatic carbocycles. The van der Waals surface area contributed by atoms with E-state index in [4.69, 9.17) is 0 Å². The number of aliphatic hydroxyl groups excluding tert-OH is 1. The molecule has 0 fully saturated rings. The monoisotopic (exact) mass is 383 g/mol. The number of amides is 1. The number of anilines is 1. The van der Waals surface area contributed by atoms with Crippen molar-refractivity contribution in [1.29, 1.82) is 0 Å². The minimum Gasteiger partial charge on any atom is -0.387 e. The second-order valence-electron chi connectivity index (χ2n) is 5.55. The molecule has 0 radical (unpaired) electrons. The molecular weight excluding hydrogens is 367 g/mol. The van der Waals surface area contributed by atoms with Crippen molar-refractivity contribution in [3.8, 4) is 0 Å². The molecule has 0 aromatic heterocycles. The van der Waals surface area contributed by atoms with E-state index in [1.165, 1.54) is 31.3 Å². The third kappa shape index (κ3) is 4.73. The Labute approximate surface area is 152 Å². The van der Waals surface area contributed by atoms with Gasteiger partial charge in [-0.2, -0.15) is 13.2 Å². The fourth-order valence-corrected chi connectivity index (χ4v) is 2.49. The molecule has 0 bridgehead atoms. The van der Waals surface area contributed by atoms with Gasteiger partial charge in [-0.25, -0.2) is 0 Å². The van der Waals surface area contributed by atoms with Crippen LogP contribution in [0, 0.1) is 10.1 Å². The summed E-state index contributed by atoms with van der Waals surface area (Å²) >= 11 is 0. The second-order valence-corrected chi connectivity index (χ2v) is 5.55. The topological polar surface area (TPSA) is 105 Å². The standard InChI is InChI=1S/C17H16F3N3O4/c1-21-14-7-6-10(23(26)27)8-12(14)16(25)22-9-15(24)11-4-2-3-5-13(11)17(18,19)20/h2-8,15,21,24H,9H2,1H3,(H,22,25). The highest BCUT2D eigenvalue weighted by molar-refractivity contribution is 6.00. The van der Waals surface area contributed by atoms with Crippen molar-refractivity contribution >= 4 is 17.3 Å². The van der Waals surface area contributed by atoms with E-state index in [0.29, 0.717) is 5.69 Å². The van der Waals surface area contributed by atoms with Gasteiger partial charge in [0.15, 0.2) is 0 Å². The number of rotatable bonds is 6. The van der Waals surface area contributed by atoms with Gasteiger partial charge in [-0.15, -0.1) is 0 Å². The smallest absolute Gasteiger partial charge is 0.387 e. The van der Waals surface area contributed by atoms with E-state index in [0.717, 1.165) is 18.2 Å². The summed E-state index contributed by atoms with van der Waals surface area (Å²) in [5, 5.41) is 26.0. The van der Waals surface area contributed by atoms with Crippen molar-refractivity contribution in [2.45, 2.75) is 12.3 Å². The van der Waals surface area contributed by atoms with E-state index >= 15 is 0 Å². The van der Waals surface area contributed by atoms with Crippen molar-refractivity contribution in [1.82, 2.24) is 5.32 Å². The van der Waals surface area contributed by atoms with Gasteiger partial charge < -0.3 is 15.7 Å². The molecule has 0 aliphatic rings. The zero-order chi connectivity index (χ0) is 20.2. The van der Waals surface area contributed by atoms with Crippen LogP contribution < -0.4 is 10.6 Å². The van der Waals surface area contributed by atoms with E-state index in [9.17, 15) is 33.2 Å². The molecule has 27 heavy (non-hydrogen) atoms. The van der Waals surface area contributed by atoms with Crippen LogP contribution in [0.25, 0.3) is 0 Å². The van der Waals surface area contributed by atoms with Crippen molar-refractivity contribution < 1.29 is 28.0 Å². The highest BCUT2D eigenvalue weighted by atomic mass is 19.4. The van der Waals surface area contributed by atoms with Gasteiger partial charge in [-0.1, -0.05) is 18.2 Å². The number of carbonyl (C=O) groups is 1. The normalized spacial score (nSPS) is 12.3. The van der Waals surface area contributed by atoms with E-state index in [1.54, 1.807) is 0 Å². The number of alkyl halides is 3. The van der Waals surface area contributed by atoms with Crippen LogP contribution in [0.4, 0.5) is 24.5 Å². The van der Waals surface area contributed by atoms with E-state index in [1.807, 2.05) is 0 Å². The van der Waals surface area contributed by atoms with Crippen LogP contribution in [0.3, 0.4) is 0 Å². The van der Waals surface area contributed by atoms with E-state index in [-0.39, 0.29) is 16.8 Å². The third-order valence-corrected chi connectivity index (χ3v) is 3.81. The summed E-state index contributed by atoms with van der Waals surface area (Å²) in [5.41, 5.74) is -1.47. The van der Waals surface area contributed by atoms with Gasteiger partial charge in [0.25, 0.3) is 11.6 Å². The first-order valence-electron chi connectivity index (χ1n) is 7.73. The number of hydrogen-bond acceptors (Lipinski definition) is 5. The second kappa shape index (κ2) is 8.04. The quantitative estimate of drug-likeness (QED) is 0.525. The molecule has 0 saturated carbocycles. The van der Waals surface area contributed by atoms with Crippen LogP contribution in [0.2, 0.25) is 0 Å². The Kier molecular flexibility index (Phi) is 6.01. The van der Waals surface area contributed by atoms with E-state index in [2.05, 4.69) is 10.6 Å². The summed E-state index contributed by atoms with van der Waals surface area (Å²) in [4.78, 5) is 22.5. The molecule has 1 unspecified atom stereocenters. The van der Waals surface area contributed by atoms with Crippen molar-refractivity contribution in [2.24, 2.45) is 0 Å². The SMILES string of the molecule is CNc1ccc([N+](=O)[O-])cc1C(=O)NCC(O)c1ccccc1C(F)(F)F. The molecule has 2 rings (SSSR count). The average molecular weight is 383 g/mol. The van der Waals surface area contributed by atoms with Crippen LogP contribution in [0.15, 0.2) is 42.5 Å². The number of benzene rings is 2. The molecule has 0 heterocycles. The summed E-state index contributed by atoms with van der Waals surface area (Å²) in [6.45, 7) is -0.502. The zero-order valence-electron chi connectivity index (χ0n) is 14.1. The largest absolute Gasteiger partial charge is 0.416 e. The highest BCUT2D eigenvalue weighted by Gasteiger charge is 2.34. The molecule has 0 spiro atoms. The minimum absolute atomic E-state index is 0.0667. The Morgan fingerprint density at radius 1 is 1.26 bits per heavy atom. The summed E-state index contributed by atoms with van der Waals surface area (Å²) in [7, 11) is 1.51. The van der Waals surface area contributed by atoms with Crippen LogP contribution >= 0.6 is 0 Å². The Morgan fingerprint density at radius 2 is 1.93 bits per heavy atom. The van der Waals surface area contributed by atoms with Crippen LogP contribution in [-0.2, 0) is 6.18 Å². The molecule has 1 atom stereocenters. The summed E-state index contributed by atoms with van der Waals surface area (Å²) in [5.74, 6) is -0.772. The van der Waals surface area contributed by atoms with Gasteiger partial charge in [-0.3, -0.25) is 14.9 Å². The third-order valence-electron chi connectivity index (χ3n) is 3.81. The molecular formula is C17H16F3N3O4. The number of nitrogens with zero attached hydrogens (tertiary/aromatic N) is 1. The number of nitrogens with one attached hydrogen (secondary N) is 2. The Morgan fingerprint density at radius 3 is 2.52 bits per heavy atom. The van der Waals surface area contributed by atoms with Gasteiger partial charge in [-0.05, 0) is 17.7 Å². The van der Waals surface area contributed by atoms with Crippen LogP contribution in [0.5, 0.6) is 0 Å². The lowest BCUT2D eigenvalue weighted by Gasteiger charge is -2.18. The van der Waals surface area contributed by atoms with Gasteiger partial charge in [0.1, 0.15) is 0 Å². The van der Waals surface area contributed by atoms with Gasteiger partial charge in [0, 0.05) is 31.4 Å². The number of nitro groups is 1. The lowest BCUT2D eigenvalue weighted by atomic mass is 10.0. The van der Waals surface area contributed by atoms with Crippen molar-refractivity contribution in [2.75, 3.05) is 18.9 Å². The Hall–Kier alpha value is -3.14. The molecule has 144 valence electrons. The van der Waals surface area contributed by atoms with Crippen molar-refractivity contribution in [3.05, 3.63) is 69.3 Å². The number of carbonyl (C=O) groups excluding carboxylic acids is 1. The zero-order valence-corrected chi connectivity index (χ0v) is 14.1. The lowest BCUT2D eigenvalue weighted by molar-refractivity contribution is -0.384. The summed E-state index contributed by atoms with van der Waals surface area (Å²) in [6, 6.07) is 8.07. The first-order valence-corrected chi connectivity index (χ1v) is 7.73. The van der Waals surface area contributed by atoms with Crippen LogP contribution in [0.1, 0.15) is 27.6 Å². The first kappa shape index (κ1) is 20.2. The van der Waals surface area contributed by atoms with Crippen molar-refractivity contribution in [3.63, 3.8) is 0 Å². The summed E-state index contributed by atoms with van der Waals surface area (Å²) in [6.07, 6.45) is -6.26. The molecule has 0 saturated heterocycles. The average Bonchev–Trinajstić information content (AvgIpc) is 2.64. The molecule has 1 amide bonds. The Balaban J connectivity index is 2.19. The van der Waals surface area contributed by atoms with Gasteiger partial charge >= 0.3 is 6.18 Å². The number of non-ortho nitro benzene ring substituents is 1. The molecule has 0 aliphatic heterocycles. The number of nitro benzene ring substituents is 1. The van der Waals surface area contributed by atoms with Crippen LogP contribution in [-0.4, -0.2) is 29.5 Å². The fourth-order valence-electron chi connectivity index (χ4n) is 2.49. The van der Waals surface area contributed by atoms with E-state index < -0.39 is 35.2 Å². The lowest BCUT2D eigenvalue weighted by Crippen LogP contribution is -2.29. The number of aliphatic hydroxyl groups is 1. The molecule has 3 N–H and O–H groups in total. The van der Waals surface area contributed by atoms with Gasteiger partial charge in [0.05, 0.1) is 22.2 Å². The molecule has 10 heteroatoms.